The normalized spacial score (nSPS) is 19.1. The number of phenolic OH excluding ortho intramolecular Hbond substituents is 1. The minimum Gasteiger partial charge on any atom is -0.508 e. The monoisotopic (exact) mass is 322 g/mol. The van der Waals surface area contributed by atoms with Gasteiger partial charge in [0, 0.05) is 0 Å². The fourth-order valence-electron chi connectivity index (χ4n) is 2.52. The molecule has 1 saturated heterocycles. The van der Waals surface area contributed by atoms with Crippen LogP contribution in [0.4, 0.5) is 0 Å². The summed E-state index contributed by atoms with van der Waals surface area (Å²) in [6.07, 6.45) is 4.06. The predicted molar refractivity (Wildman–Crippen MR) is 99.2 cm³/mol. The Morgan fingerprint density at radius 3 is 1.62 bits per heavy atom. The first-order valence-electron chi connectivity index (χ1n) is 8.20. The van der Waals surface area contributed by atoms with Gasteiger partial charge >= 0.3 is 7.12 Å². The number of aromatic hydroxyl groups is 1. The van der Waals surface area contributed by atoms with Crippen LogP contribution in [-0.4, -0.2) is 23.4 Å². The summed E-state index contributed by atoms with van der Waals surface area (Å²) < 4.78 is 12.1. The molecule has 0 radical (unpaired) electrons. The summed E-state index contributed by atoms with van der Waals surface area (Å²) in [5.41, 5.74) is 2.52. The Morgan fingerprint density at radius 1 is 0.750 bits per heavy atom. The largest absolute Gasteiger partial charge is 0.508 e. The fourth-order valence-corrected chi connectivity index (χ4v) is 2.52. The number of hydrogen-bond acceptors (Lipinski definition) is 3. The van der Waals surface area contributed by atoms with Crippen LogP contribution in [-0.2, 0) is 9.31 Å². The average Bonchev–Trinajstić information content (AvgIpc) is 2.75. The van der Waals surface area contributed by atoms with Crippen LogP contribution in [0.2, 0.25) is 0 Å². The van der Waals surface area contributed by atoms with Crippen molar-refractivity contribution in [2.45, 2.75) is 38.9 Å². The van der Waals surface area contributed by atoms with E-state index in [9.17, 15) is 5.11 Å². The van der Waals surface area contributed by atoms with E-state index in [4.69, 9.17) is 9.31 Å². The molecule has 1 aliphatic heterocycles. The lowest BCUT2D eigenvalue weighted by atomic mass is 9.79. The second-order valence-corrected chi connectivity index (χ2v) is 7.18. The highest BCUT2D eigenvalue weighted by molar-refractivity contribution is 6.62. The van der Waals surface area contributed by atoms with Gasteiger partial charge in [-0.05, 0) is 56.4 Å². The summed E-state index contributed by atoms with van der Waals surface area (Å²) in [5, 5.41) is 9.30. The first kappa shape index (κ1) is 16.8. The molecule has 4 heteroatoms. The molecule has 0 bridgehead atoms. The molecule has 0 amide bonds. The van der Waals surface area contributed by atoms with Crippen molar-refractivity contribution in [3.05, 3.63) is 59.7 Å². The number of hydrogen-bond donors (Lipinski definition) is 1. The second kappa shape index (κ2) is 6.12. The number of phenols is 1. The fraction of sp³-hybridized carbons (Fsp3) is 0.300. The van der Waals surface area contributed by atoms with Gasteiger partial charge in [-0.1, -0.05) is 48.6 Å². The van der Waals surface area contributed by atoms with E-state index in [1.165, 1.54) is 0 Å². The maximum Gasteiger partial charge on any atom is 0.494 e. The van der Waals surface area contributed by atoms with Crippen LogP contribution in [0.1, 0.15) is 38.8 Å². The zero-order valence-electron chi connectivity index (χ0n) is 14.6. The van der Waals surface area contributed by atoms with Gasteiger partial charge < -0.3 is 14.4 Å². The molecule has 0 aliphatic carbocycles. The highest BCUT2D eigenvalue weighted by Gasteiger charge is 2.51. The van der Waals surface area contributed by atoms with Gasteiger partial charge in [0.15, 0.2) is 0 Å². The lowest BCUT2D eigenvalue weighted by molar-refractivity contribution is 0.00578. The van der Waals surface area contributed by atoms with Gasteiger partial charge in [0.1, 0.15) is 5.75 Å². The average molecular weight is 322 g/mol. The Labute approximate surface area is 144 Å². The molecule has 1 heterocycles. The Bertz CT molecular complexity index is 714. The Kier molecular flexibility index (Phi) is 4.28. The summed E-state index contributed by atoms with van der Waals surface area (Å²) >= 11 is 0. The lowest BCUT2D eigenvalue weighted by Crippen LogP contribution is -2.41. The molecule has 1 N–H and O–H groups in total. The molecule has 24 heavy (non-hydrogen) atoms. The van der Waals surface area contributed by atoms with Gasteiger partial charge in [-0.25, -0.2) is 0 Å². The van der Waals surface area contributed by atoms with E-state index in [1.807, 2.05) is 36.4 Å². The molecular formula is C20H23BO3. The highest BCUT2D eigenvalue weighted by Crippen LogP contribution is 2.36. The first-order valence-corrected chi connectivity index (χ1v) is 8.20. The molecule has 3 rings (SSSR count). The summed E-state index contributed by atoms with van der Waals surface area (Å²) in [6.45, 7) is 8.23. The van der Waals surface area contributed by atoms with Crippen LogP contribution >= 0.6 is 0 Å². The third-order valence-corrected chi connectivity index (χ3v) is 4.82. The number of rotatable bonds is 3. The highest BCUT2D eigenvalue weighted by atomic mass is 16.7. The standard InChI is InChI=1S/C20H23BO3/c1-19(2)20(3,4)24-21(23-19)17-11-7-15(8-12-17)5-6-16-9-13-18(22)14-10-16/h5-14,22H,1-4H3. The van der Waals surface area contributed by atoms with Crippen LogP contribution in [0.25, 0.3) is 12.2 Å². The van der Waals surface area contributed by atoms with Crippen molar-refractivity contribution in [2.75, 3.05) is 0 Å². The van der Waals surface area contributed by atoms with E-state index in [-0.39, 0.29) is 24.1 Å². The topological polar surface area (TPSA) is 38.7 Å². The number of benzene rings is 2. The Morgan fingerprint density at radius 2 is 1.17 bits per heavy atom. The smallest absolute Gasteiger partial charge is 0.494 e. The summed E-state index contributed by atoms with van der Waals surface area (Å²) in [4.78, 5) is 0. The van der Waals surface area contributed by atoms with E-state index in [0.717, 1.165) is 16.6 Å². The SMILES string of the molecule is CC1(C)OB(c2ccc(C=Cc3ccc(O)cc3)cc2)OC1(C)C. The zero-order valence-corrected chi connectivity index (χ0v) is 14.6. The predicted octanol–water partition coefficient (Wildman–Crippen LogP) is 3.86. The van der Waals surface area contributed by atoms with Crippen LogP contribution in [0, 0.1) is 0 Å². The molecule has 1 aliphatic rings. The molecule has 2 aromatic carbocycles. The molecule has 2 aromatic rings. The summed E-state index contributed by atoms with van der Waals surface area (Å²) in [5.74, 6) is 0.277. The van der Waals surface area contributed by atoms with Crippen molar-refractivity contribution in [3.63, 3.8) is 0 Å². The Hall–Kier alpha value is -2.04. The third kappa shape index (κ3) is 3.40. The van der Waals surface area contributed by atoms with Crippen LogP contribution in [0.3, 0.4) is 0 Å². The van der Waals surface area contributed by atoms with Gasteiger partial charge in [-0.3, -0.25) is 0 Å². The molecule has 0 atom stereocenters. The molecule has 124 valence electrons. The molecule has 0 saturated carbocycles. The van der Waals surface area contributed by atoms with Crippen LogP contribution < -0.4 is 5.46 Å². The molecule has 0 unspecified atom stereocenters. The van der Waals surface area contributed by atoms with Gasteiger partial charge in [0.2, 0.25) is 0 Å². The maximum atomic E-state index is 9.30. The van der Waals surface area contributed by atoms with Gasteiger partial charge in [0.25, 0.3) is 0 Å². The van der Waals surface area contributed by atoms with Crippen molar-refractivity contribution in [1.29, 1.82) is 0 Å². The van der Waals surface area contributed by atoms with Crippen LogP contribution in [0.15, 0.2) is 48.5 Å². The van der Waals surface area contributed by atoms with Gasteiger partial charge in [-0.15, -0.1) is 0 Å². The molecule has 1 fully saturated rings. The molecular weight excluding hydrogens is 299 g/mol. The minimum atomic E-state index is -0.329. The van der Waals surface area contributed by atoms with Crippen molar-refractivity contribution in [3.8, 4) is 5.75 Å². The van der Waals surface area contributed by atoms with E-state index < -0.39 is 0 Å². The Balaban J connectivity index is 1.71. The maximum absolute atomic E-state index is 9.30. The lowest BCUT2D eigenvalue weighted by Gasteiger charge is -2.32. The van der Waals surface area contributed by atoms with Gasteiger partial charge in [-0.2, -0.15) is 0 Å². The van der Waals surface area contributed by atoms with Crippen molar-refractivity contribution in [2.24, 2.45) is 0 Å². The first-order chi connectivity index (χ1) is 11.3. The quantitative estimate of drug-likeness (QED) is 0.689. The zero-order chi connectivity index (χ0) is 17.4. The minimum absolute atomic E-state index is 0.277. The van der Waals surface area contributed by atoms with E-state index >= 15 is 0 Å². The van der Waals surface area contributed by atoms with Gasteiger partial charge in [0.05, 0.1) is 11.2 Å². The molecule has 0 spiro atoms. The van der Waals surface area contributed by atoms with E-state index in [2.05, 4.69) is 39.8 Å². The second-order valence-electron chi connectivity index (χ2n) is 7.18. The third-order valence-electron chi connectivity index (χ3n) is 4.82. The molecule has 0 aromatic heterocycles. The van der Waals surface area contributed by atoms with Crippen molar-refractivity contribution < 1.29 is 14.4 Å². The summed E-state index contributed by atoms with van der Waals surface area (Å²) in [6, 6.07) is 15.3. The summed E-state index contributed by atoms with van der Waals surface area (Å²) in [7, 11) is -0.329. The van der Waals surface area contributed by atoms with Crippen LogP contribution in [0.5, 0.6) is 5.75 Å². The van der Waals surface area contributed by atoms with Crippen molar-refractivity contribution in [1.82, 2.24) is 0 Å². The molecule has 3 nitrogen and oxygen atoms in total. The van der Waals surface area contributed by atoms with E-state index in [1.54, 1.807) is 12.1 Å². The van der Waals surface area contributed by atoms with Crippen molar-refractivity contribution >= 4 is 24.7 Å². The van der Waals surface area contributed by atoms with E-state index in [0.29, 0.717) is 0 Å².